The van der Waals surface area contributed by atoms with E-state index < -0.39 is 5.97 Å². The van der Waals surface area contributed by atoms with E-state index in [0.717, 1.165) is 59.9 Å². The molecular weight excluding hydrogens is 530 g/mol. The van der Waals surface area contributed by atoms with Crippen molar-refractivity contribution in [2.24, 2.45) is 5.92 Å². The second-order valence-electron chi connectivity index (χ2n) is 9.94. The van der Waals surface area contributed by atoms with Crippen LogP contribution in [0.4, 0.5) is 10.7 Å². The highest BCUT2D eigenvalue weighted by Gasteiger charge is 2.31. The molecule has 1 unspecified atom stereocenters. The molecule has 2 aromatic carbocycles. The number of methoxy groups -OCH3 is 1. The van der Waals surface area contributed by atoms with Crippen LogP contribution in [0.2, 0.25) is 0 Å². The third-order valence-electron chi connectivity index (χ3n) is 7.00. The van der Waals surface area contributed by atoms with Gasteiger partial charge in [-0.3, -0.25) is 14.5 Å². The van der Waals surface area contributed by atoms with E-state index in [1.165, 1.54) is 35.8 Å². The summed E-state index contributed by atoms with van der Waals surface area (Å²) in [7, 11) is 1.38. The van der Waals surface area contributed by atoms with Crippen molar-refractivity contribution in [3.63, 3.8) is 0 Å². The van der Waals surface area contributed by atoms with Crippen LogP contribution in [-0.4, -0.2) is 41.6 Å². The molecule has 0 bridgehead atoms. The van der Waals surface area contributed by atoms with E-state index >= 15 is 0 Å². The number of carbonyl (C=O) groups excluding carboxylic acids is 3. The van der Waals surface area contributed by atoms with Gasteiger partial charge in [0.25, 0.3) is 0 Å². The van der Waals surface area contributed by atoms with E-state index in [4.69, 9.17) is 4.74 Å². The first-order chi connectivity index (χ1) is 18.9. The van der Waals surface area contributed by atoms with Crippen LogP contribution in [-0.2, 0) is 33.8 Å². The summed E-state index contributed by atoms with van der Waals surface area (Å²) in [4.78, 5) is 42.8. The molecule has 5 rings (SSSR count). The molecule has 2 N–H and O–H groups in total. The number of amides is 2. The Morgan fingerprint density at radius 3 is 2.62 bits per heavy atom. The third-order valence-corrected chi connectivity index (χ3v) is 9.49. The molecule has 1 aromatic heterocycles. The van der Waals surface area contributed by atoms with Gasteiger partial charge in [0.1, 0.15) is 5.00 Å². The molecule has 0 spiro atoms. The van der Waals surface area contributed by atoms with Gasteiger partial charge in [-0.25, -0.2) is 4.79 Å². The summed E-state index contributed by atoms with van der Waals surface area (Å²) in [5.74, 6) is -0.387. The number of carbonyl (C=O) groups is 3. The maximum absolute atomic E-state index is 13.4. The van der Waals surface area contributed by atoms with Crippen molar-refractivity contribution in [3.05, 3.63) is 76.2 Å². The second kappa shape index (κ2) is 12.4. The second-order valence-corrected chi connectivity index (χ2v) is 12.3. The molecule has 204 valence electrons. The molecule has 7 nitrogen and oxygen atoms in total. The normalized spacial score (nSPS) is 15.7. The van der Waals surface area contributed by atoms with Crippen LogP contribution in [0.5, 0.6) is 0 Å². The highest BCUT2D eigenvalue weighted by Crippen LogP contribution is 2.39. The Morgan fingerprint density at radius 1 is 1.10 bits per heavy atom. The number of anilines is 2. The summed E-state index contributed by atoms with van der Waals surface area (Å²) >= 11 is 2.92. The molecule has 2 heterocycles. The van der Waals surface area contributed by atoms with Gasteiger partial charge in [0.05, 0.1) is 17.9 Å². The molecule has 2 aliphatic rings. The summed E-state index contributed by atoms with van der Waals surface area (Å²) in [6, 6.07) is 17.9. The molecule has 1 saturated carbocycles. The number of hydrogen-bond donors (Lipinski definition) is 2. The standard InChI is InChI=1S/C30H33N3O4S2/c1-3-24(38-22-11-7-10-21(16-22)31-27(34)20-12-13-20)28(35)32-29-26(30(36)37-2)23-14-15-33(18-25(23)39-29)17-19-8-5-4-6-9-19/h4-11,16,20,24H,3,12-15,17-18H2,1-2H3,(H,31,34)(H,32,35). The van der Waals surface area contributed by atoms with Crippen molar-refractivity contribution >= 4 is 51.6 Å². The van der Waals surface area contributed by atoms with Gasteiger partial charge >= 0.3 is 5.97 Å². The van der Waals surface area contributed by atoms with E-state index in [1.807, 2.05) is 49.4 Å². The van der Waals surface area contributed by atoms with E-state index in [0.29, 0.717) is 17.0 Å². The lowest BCUT2D eigenvalue weighted by molar-refractivity contribution is -0.117. The zero-order valence-electron chi connectivity index (χ0n) is 22.2. The summed E-state index contributed by atoms with van der Waals surface area (Å²) in [5.41, 5.74) is 3.45. The number of ether oxygens (including phenoxy) is 1. The highest BCUT2D eigenvalue weighted by atomic mass is 32.2. The fourth-order valence-corrected chi connectivity index (χ4v) is 7.05. The number of thioether (sulfide) groups is 1. The van der Waals surface area contributed by atoms with E-state index in [-0.39, 0.29) is 23.0 Å². The van der Waals surface area contributed by atoms with Gasteiger partial charge in [0, 0.05) is 41.0 Å². The molecule has 1 atom stereocenters. The van der Waals surface area contributed by atoms with Gasteiger partial charge in [0.15, 0.2) is 0 Å². The Kier molecular flexibility index (Phi) is 8.69. The monoisotopic (exact) mass is 563 g/mol. The van der Waals surface area contributed by atoms with Crippen LogP contribution in [0.3, 0.4) is 0 Å². The summed E-state index contributed by atoms with van der Waals surface area (Å²) in [6.07, 6.45) is 3.23. The fraction of sp³-hybridized carbons (Fsp3) is 0.367. The Bertz CT molecular complexity index is 1350. The van der Waals surface area contributed by atoms with Gasteiger partial charge < -0.3 is 15.4 Å². The van der Waals surface area contributed by atoms with Gasteiger partial charge in [0.2, 0.25) is 11.8 Å². The molecule has 39 heavy (non-hydrogen) atoms. The van der Waals surface area contributed by atoms with E-state index in [1.54, 1.807) is 0 Å². The highest BCUT2D eigenvalue weighted by molar-refractivity contribution is 8.00. The molecule has 1 aliphatic carbocycles. The van der Waals surface area contributed by atoms with Crippen molar-refractivity contribution in [1.82, 2.24) is 4.90 Å². The molecule has 9 heteroatoms. The van der Waals surface area contributed by atoms with Crippen LogP contribution in [0.25, 0.3) is 0 Å². The fourth-order valence-electron chi connectivity index (χ4n) is 4.75. The van der Waals surface area contributed by atoms with Crippen LogP contribution in [0, 0.1) is 5.92 Å². The topological polar surface area (TPSA) is 87.7 Å². The number of fused-ring (bicyclic) bond motifs is 1. The molecule has 1 aliphatic heterocycles. The Labute approximate surface area is 237 Å². The minimum Gasteiger partial charge on any atom is -0.465 e. The predicted molar refractivity (Wildman–Crippen MR) is 156 cm³/mol. The minimum atomic E-state index is -0.417. The third kappa shape index (κ3) is 6.72. The first-order valence-corrected chi connectivity index (χ1v) is 15.0. The van der Waals surface area contributed by atoms with Crippen molar-refractivity contribution in [1.29, 1.82) is 0 Å². The number of nitrogens with zero attached hydrogens (tertiary/aromatic N) is 1. The van der Waals surface area contributed by atoms with E-state index in [9.17, 15) is 14.4 Å². The number of esters is 1. The van der Waals surface area contributed by atoms with Gasteiger partial charge in [-0.05, 0) is 55.0 Å². The van der Waals surface area contributed by atoms with Gasteiger partial charge in [-0.2, -0.15) is 0 Å². The number of hydrogen-bond acceptors (Lipinski definition) is 7. The Morgan fingerprint density at radius 2 is 1.90 bits per heavy atom. The smallest absolute Gasteiger partial charge is 0.341 e. The van der Waals surface area contributed by atoms with Crippen molar-refractivity contribution in [3.8, 4) is 0 Å². The number of nitrogens with one attached hydrogen (secondary N) is 2. The zero-order valence-corrected chi connectivity index (χ0v) is 23.8. The van der Waals surface area contributed by atoms with Crippen LogP contribution in [0.1, 0.15) is 52.5 Å². The van der Waals surface area contributed by atoms with Crippen molar-refractivity contribution in [2.45, 2.75) is 55.8 Å². The zero-order chi connectivity index (χ0) is 27.4. The average molecular weight is 564 g/mol. The van der Waals surface area contributed by atoms with Gasteiger partial charge in [-0.1, -0.05) is 43.3 Å². The Hall–Kier alpha value is -3.14. The first kappa shape index (κ1) is 27.4. The minimum absolute atomic E-state index is 0.0567. The number of rotatable bonds is 10. The lowest BCUT2D eigenvalue weighted by atomic mass is 10.0. The molecule has 3 aromatic rings. The van der Waals surface area contributed by atoms with Crippen LogP contribution < -0.4 is 10.6 Å². The van der Waals surface area contributed by atoms with Crippen molar-refractivity contribution < 1.29 is 19.1 Å². The lowest BCUT2D eigenvalue weighted by Crippen LogP contribution is -2.30. The molecule has 1 fully saturated rings. The van der Waals surface area contributed by atoms with Crippen LogP contribution >= 0.6 is 23.1 Å². The quantitative estimate of drug-likeness (QED) is 0.234. The van der Waals surface area contributed by atoms with Crippen molar-refractivity contribution in [2.75, 3.05) is 24.3 Å². The SMILES string of the molecule is CCC(Sc1cccc(NC(=O)C2CC2)c1)C(=O)Nc1sc2c(c1C(=O)OC)CCN(Cc1ccccc1)C2. The Balaban J connectivity index is 1.29. The molecule has 0 radical (unpaired) electrons. The summed E-state index contributed by atoms with van der Waals surface area (Å²) < 4.78 is 5.12. The summed E-state index contributed by atoms with van der Waals surface area (Å²) in [6.45, 7) is 4.36. The summed E-state index contributed by atoms with van der Waals surface area (Å²) in [5, 5.41) is 6.23. The maximum atomic E-state index is 13.4. The van der Waals surface area contributed by atoms with Gasteiger partial charge in [-0.15, -0.1) is 23.1 Å². The average Bonchev–Trinajstić information content (AvgIpc) is 3.74. The van der Waals surface area contributed by atoms with Crippen LogP contribution in [0.15, 0.2) is 59.5 Å². The lowest BCUT2D eigenvalue weighted by Gasteiger charge is -2.27. The molecule has 0 saturated heterocycles. The first-order valence-electron chi connectivity index (χ1n) is 13.3. The van der Waals surface area contributed by atoms with E-state index in [2.05, 4.69) is 27.7 Å². The number of thiophene rings is 1. The largest absolute Gasteiger partial charge is 0.465 e. The predicted octanol–water partition coefficient (Wildman–Crippen LogP) is 5.95. The number of benzene rings is 2. The molecule has 2 amide bonds. The molecular formula is C30H33N3O4S2. The maximum Gasteiger partial charge on any atom is 0.341 e.